The predicted molar refractivity (Wildman–Crippen MR) is 51.9 cm³/mol. The highest BCUT2D eigenvalue weighted by Crippen LogP contribution is 1.97. The maximum Gasteiger partial charge on any atom is 0.189 e. The number of rotatable bonds is 6. The van der Waals surface area contributed by atoms with Crippen molar-refractivity contribution in [3.8, 4) is 0 Å². The second-order valence-corrected chi connectivity index (χ2v) is 2.82. The average molecular weight is 154 g/mol. The van der Waals surface area contributed by atoms with Crippen molar-refractivity contribution >= 4 is 21.5 Å². The SMILES string of the molecule is BNCCCC[C@H](N)C(B)=O. The van der Waals surface area contributed by atoms with E-state index < -0.39 is 0 Å². The fourth-order valence-corrected chi connectivity index (χ4v) is 0.869. The molecule has 0 aromatic heterocycles. The van der Waals surface area contributed by atoms with Gasteiger partial charge in [0, 0.05) is 0 Å². The maximum atomic E-state index is 10.7. The molecule has 0 aromatic rings. The molecule has 0 aliphatic heterocycles. The summed E-state index contributed by atoms with van der Waals surface area (Å²) in [6.07, 6.45) is 2.94. The van der Waals surface area contributed by atoms with Crippen molar-refractivity contribution in [2.75, 3.05) is 6.54 Å². The number of carbonyl (C=O) groups is 1. The van der Waals surface area contributed by atoms with Gasteiger partial charge in [-0.15, -0.1) is 0 Å². The van der Waals surface area contributed by atoms with Crippen LogP contribution in [-0.4, -0.2) is 34.1 Å². The molecule has 0 unspecified atom stereocenters. The zero-order valence-electron chi connectivity index (χ0n) is 7.39. The number of hydrogen-bond donors (Lipinski definition) is 2. The molecule has 0 fully saturated rings. The van der Waals surface area contributed by atoms with E-state index in [0.29, 0.717) is 0 Å². The summed E-state index contributed by atoms with van der Waals surface area (Å²) in [5.41, 5.74) is 5.62. The molecule has 0 saturated heterocycles. The lowest BCUT2D eigenvalue weighted by atomic mass is 9.92. The molecule has 62 valence electrons. The number of carbonyl (C=O) groups excluding carboxylic acids is 1. The minimum absolute atomic E-state index is 0.0921. The van der Waals surface area contributed by atoms with Crippen molar-refractivity contribution in [2.24, 2.45) is 5.73 Å². The van der Waals surface area contributed by atoms with E-state index in [-0.39, 0.29) is 11.7 Å². The molecular weight excluding hydrogens is 138 g/mol. The Bertz CT molecular complexity index is 121. The minimum atomic E-state index is -0.244. The Morgan fingerprint density at radius 3 is 2.64 bits per heavy atom. The predicted octanol–water partition coefficient (Wildman–Crippen LogP) is -2.22. The zero-order chi connectivity index (χ0) is 8.69. The van der Waals surface area contributed by atoms with Gasteiger partial charge in [0.25, 0.3) is 0 Å². The van der Waals surface area contributed by atoms with Crippen molar-refractivity contribution < 1.29 is 4.79 Å². The Balaban J connectivity index is 3.17. The van der Waals surface area contributed by atoms with Crippen LogP contribution in [0.15, 0.2) is 0 Å². The van der Waals surface area contributed by atoms with E-state index >= 15 is 0 Å². The molecule has 0 aliphatic carbocycles. The lowest BCUT2D eigenvalue weighted by Gasteiger charge is -2.06. The number of unbranched alkanes of at least 4 members (excludes halogenated alkanes) is 1. The van der Waals surface area contributed by atoms with E-state index in [1.165, 1.54) is 0 Å². The molecule has 0 rings (SSSR count). The lowest BCUT2D eigenvalue weighted by molar-refractivity contribution is -0.113. The smallest absolute Gasteiger partial charge is 0.189 e. The van der Waals surface area contributed by atoms with Gasteiger partial charge in [-0.3, -0.25) is 0 Å². The third-order valence-corrected chi connectivity index (χ3v) is 1.71. The molecule has 3 N–H and O–H groups in total. The Kier molecular flexibility index (Phi) is 6.27. The van der Waals surface area contributed by atoms with Crippen LogP contribution < -0.4 is 11.0 Å². The third kappa shape index (κ3) is 6.13. The van der Waals surface area contributed by atoms with Crippen molar-refractivity contribution in [1.82, 2.24) is 5.23 Å². The summed E-state index contributed by atoms with van der Waals surface area (Å²) in [5.74, 6) is 0. The highest BCUT2D eigenvalue weighted by Gasteiger charge is 2.05. The zero-order valence-corrected chi connectivity index (χ0v) is 7.39. The first-order chi connectivity index (χ1) is 5.18. The lowest BCUT2D eigenvalue weighted by Crippen LogP contribution is -2.30. The fraction of sp³-hybridized carbons (Fsp3) is 0.833. The second-order valence-electron chi connectivity index (χ2n) is 2.82. The van der Waals surface area contributed by atoms with Crippen LogP contribution in [0.2, 0.25) is 0 Å². The third-order valence-electron chi connectivity index (χ3n) is 1.71. The first kappa shape index (κ1) is 10.7. The van der Waals surface area contributed by atoms with Crippen LogP contribution in [0.4, 0.5) is 0 Å². The molecule has 1 atom stereocenters. The topological polar surface area (TPSA) is 55.1 Å². The molecule has 0 heterocycles. The van der Waals surface area contributed by atoms with E-state index in [0.717, 1.165) is 25.8 Å². The Labute approximate surface area is 69.9 Å². The molecule has 0 saturated carbocycles. The van der Waals surface area contributed by atoms with Crippen LogP contribution in [0.5, 0.6) is 0 Å². The van der Waals surface area contributed by atoms with E-state index in [2.05, 4.69) is 5.23 Å². The summed E-state index contributed by atoms with van der Waals surface area (Å²) in [7, 11) is 3.47. The number of hydrogen-bond acceptors (Lipinski definition) is 3. The summed E-state index contributed by atoms with van der Waals surface area (Å²) >= 11 is 0. The van der Waals surface area contributed by atoms with Gasteiger partial charge in [0.15, 0.2) is 15.8 Å². The maximum absolute atomic E-state index is 10.7. The molecule has 0 spiro atoms. The first-order valence-corrected chi connectivity index (χ1v) is 4.09. The summed E-state index contributed by atoms with van der Waals surface area (Å²) in [5, 5.41) is 3.04. The van der Waals surface area contributed by atoms with E-state index in [1.54, 1.807) is 7.85 Å². The summed E-state index contributed by atoms with van der Waals surface area (Å²) in [6, 6.07) is -0.244. The van der Waals surface area contributed by atoms with Gasteiger partial charge in [-0.05, 0) is 19.4 Å². The quantitative estimate of drug-likeness (QED) is 0.336. The largest absolute Gasteiger partial charge is 0.362 e. The van der Waals surface area contributed by atoms with Crippen LogP contribution in [0.1, 0.15) is 19.3 Å². The molecule has 0 radical (unpaired) electrons. The Morgan fingerprint density at radius 2 is 2.18 bits per heavy atom. The van der Waals surface area contributed by atoms with Crippen LogP contribution in [0.25, 0.3) is 0 Å². The normalized spacial score (nSPS) is 12.8. The van der Waals surface area contributed by atoms with E-state index in [4.69, 9.17) is 5.73 Å². The summed E-state index contributed by atoms with van der Waals surface area (Å²) in [4.78, 5) is 10.7. The van der Waals surface area contributed by atoms with Gasteiger partial charge in [0.05, 0.1) is 11.7 Å². The molecule has 3 nitrogen and oxygen atoms in total. The molecule has 0 amide bonds. The summed E-state index contributed by atoms with van der Waals surface area (Å²) in [6.45, 7) is 1.00. The summed E-state index contributed by atoms with van der Waals surface area (Å²) < 4.78 is 0. The van der Waals surface area contributed by atoms with Crippen molar-refractivity contribution in [2.45, 2.75) is 25.3 Å². The van der Waals surface area contributed by atoms with Crippen molar-refractivity contribution in [1.29, 1.82) is 0 Å². The van der Waals surface area contributed by atoms with Gasteiger partial charge in [-0.25, -0.2) is 0 Å². The van der Waals surface area contributed by atoms with Crippen LogP contribution >= 0.6 is 0 Å². The fourth-order valence-electron chi connectivity index (χ4n) is 0.869. The van der Waals surface area contributed by atoms with Gasteiger partial charge < -0.3 is 15.8 Å². The van der Waals surface area contributed by atoms with Crippen molar-refractivity contribution in [3.05, 3.63) is 0 Å². The van der Waals surface area contributed by atoms with Gasteiger partial charge in [0.2, 0.25) is 0 Å². The number of nitrogens with one attached hydrogen (secondary N) is 1. The molecule has 5 heteroatoms. The Hall–Kier alpha value is -0.280. The molecule has 0 aromatic carbocycles. The van der Waals surface area contributed by atoms with Gasteiger partial charge in [-0.1, -0.05) is 6.42 Å². The van der Waals surface area contributed by atoms with E-state index in [1.807, 2.05) is 7.98 Å². The minimum Gasteiger partial charge on any atom is -0.362 e. The van der Waals surface area contributed by atoms with E-state index in [9.17, 15) is 4.79 Å². The van der Waals surface area contributed by atoms with Crippen LogP contribution in [-0.2, 0) is 4.79 Å². The highest BCUT2D eigenvalue weighted by atomic mass is 16.1. The standard InChI is InChI=1S/C6H16B2N2O/c7-6(11)5(9)3-1-2-4-10-8/h5,10H,1-4,7-9H2/t5-/m0/s1. The monoisotopic (exact) mass is 154 g/mol. The molecule has 0 bridgehead atoms. The Morgan fingerprint density at radius 1 is 1.55 bits per heavy atom. The van der Waals surface area contributed by atoms with Crippen molar-refractivity contribution in [3.63, 3.8) is 0 Å². The molecular formula is C6H16B2N2O. The van der Waals surface area contributed by atoms with Crippen LogP contribution in [0, 0.1) is 0 Å². The molecule has 0 aliphatic rings. The highest BCUT2D eigenvalue weighted by molar-refractivity contribution is 6.59. The van der Waals surface area contributed by atoms with Crippen LogP contribution in [0.3, 0.4) is 0 Å². The second kappa shape index (κ2) is 6.43. The van der Waals surface area contributed by atoms with Gasteiger partial charge in [-0.2, -0.15) is 0 Å². The average Bonchev–Trinajstić information content (AvgIpc) is 1.97. The van der Waals surface area contributed by atoms with Gasteiger partial charge >= 0.3 is 0 Å². The van der Waals surface area contributed by atoms with Gasteiger partial charge in [0.1, 0.15) is 0 Å². The molecule has 11 heavy (non-hydrogen) atoms. The number of nitrogens with two attached hydrogens (primary N) is 1. The first-order valence-electron chi connectivity index (χ1n) is 4.09.